The van der Waals surface area contributed by atoms with Gasteiger partial charge in [0.25, 0.3) is 0 Å². The zero-order valence-electron chi connectivity index (χ0n) is 9.74. The Morgan fingerprint density at radius 1 is 1.23 bits per heavy atom. The standard InChI is InChI=1S/C10H23IN2/c1-9(2,8-13(6)11)7-10(3,4)12-5/h12H,7-8H2,1-6H3. The molecule has 1 N–H and O–H groups in total. The summed E-state index contributed by atoms with van der Waals surface area (Å²) in [5.74, 6) is 0. The van der Waals surface area contributed by atoms with Gasteiger partial charge in [-0.05, 0) is 39.8 Å². The molecule has 0 aromatic rings. The first kappa shape index (κ1) is 13.7. The number of rotatable bonds is 5. The van der Waals surface area contributed by atoms with Crippen molar-refractivity contribution in [3.8, 4) is 0 Å². The van der Waals surface area contributed by atoms with Crippen molar-refractivity contribution >= 4 is 22.9 Å². The van der Waals surface area contributed by atoms with Gasteiger partial charge in [0.2, 0.25) is 0 Å². The second-order valence-corrected chi connectivity index (χ2v) is 6.88. The fourth-order valence-corrected chi connectivity index (χ4v) is 2.85. The highest BCUT2D eigenvalue weighted by atomic mass is 127. The van der Waals surface area contributed by atoms with E-state index in [9.17, 15) is 0 Å². The van der Waals surface area contributed by atoms with Gasteiger partial charge in [-0.2, -0.15) is 0 Å². The molecule has 80 valence electrons. The van der Waals surface area contributed by atoms with Crippen molar-refractivity contribution in [3.05, 3.63) is 0 Å². The van der Waals surface area contributed by atoms with E-state index in [2.05, 4.69) is 66.0 Å². The summed E-state index contributed by atoms with van der Waals surface area (Å²) in [6, 6.07) is 0. The van der Waals surface area contributed by atoms with Crippen molar-refractivity contribution in [2.45, 2.75) is 39.7 Å². The maximum atomic E-state index is 3.35. The van der Waals surface area contributed by atoms with Crippen LogP contribution in [0.4, 0.5) is 0 Å². The van der Waals surface area contributed by atoms with E-state index in [-0.39, 0.29) is 5.54 Å². The first-order valence-electron chi connectivity index (χ1n) is 4.74. The maximum Gasteiger partial charge on any atom is 0.0198 e. The van der Waals surface area contributed by atoms with Crippen molar-refractivity contribution in [1.82, 2.24) is 8.43 Å². The molecule has 0 atom stereocenters. The van der Waals surface area contributed by atoms with Crippen LogP contribution in [0.2, 0.25) is 0 Å². The average Bonchev–Trinajstić information content (AvgIpc) is 1.81. The van der Waals surface area contributed by atoms with Crippen LogP contribution in [0.25, 0.3) is 0 Å². The molecule has 13 heavy (non-hydrogen) atoms. The van der Waals surface area contributed by atoms with Gasteiger partial charge in [-0.25, -0.2) is 0 Å². The number of nitrogens with one attached hydrogen (secondary N) is 1. The van der Waals surface area contributed by atoms with Gasteiger partial charge in [0.1, 0.15) is 0 Å². The lowest BCUT2D eigenvalue weighted by molar-refractivity contribution is 0.209. The van der Waals surface area contributed by atoms with Crippen LogP contribution in [0.5, 0.6) is 0 Å². The van der Waals surface area contributed by atoms with Crippen LogP contribution in [0.3, 0.4) is 0 Å². The molecule has 2 nitrogen and oxygen atoms in total. The monoisotopic (exact) mass is 298 g/mol. The van der Waals surface area contributed by atoms with Crippen LogP contribution >= 0.6 is 22.9 Å². The Balaban J connectivity index is 4.16. The van der Waals surface area contributed by atoms with E-state index in [0.717, 1.165) is 6.54 Å². The summed E-state index contributed by atoms with van der Waals surface area (Å²) in [6.07, 6.45) is 1.18. The summed E-state index contributed by atoms with van der Waals surface area (Å²) >= 11 is 2.34. The Morgan fingerprint density at radius 3 is 2.00 bits per heavy atom. The van der Waals surface area contributed by atoms with Crippen molar-refractivity contribution in [2.24, 2.45) is 5.41 Å². The van der Waals surface area contributed by atoms with E-state index >= 15 is 0 Å². The van der Waals surface area contributed by atoms with Crippen molar-refractivity contribution in [2.75, 3.05) is 20.6 Å². The van der Waals surface area contributed by atoms with Gasteiger partial charge in [0, 0.05) is 34.9 Å². The minimum atomic E-state index is 0.232. The fraction of sp³-hybridized carbons (Fsp3) is 1.00. The van der Waals surface area contributed by atoms with Gasteiger partial charge in [0.15, 0.2) is 0 Å². The number of hydrogen-bond acceptors (Lipinski definition) is 2. The third-order valence-electron chi connectivity index (χ3n) is 2.24. The first-order chi connectivity index (χ1) is 5.68. The Bertz CT molecular complexity index is 153. The molecule has 0 aliphatic carbocycles. The van der Waals surface area contributed by atoms with Crippen LogP contribution in [-0.2, 0) is 0 Å². The predicted octanol–water partition coefficient (Wildman–Crippen LogP) is 2.68. The minimum absolute atomic E-state index is 0.232. The lowest BCUT2D eigenvalue weighted by Crippen LogP contribution is -2.42. The second-order valence-electron chi connectivity index (χ2n) is 5.24. The normalized spacial score (nSPS) is 13.8. The summed E-state index contributed by atoms with van der Waals surface area (Å²) in [7, 11) is 4.15. The molecule has 0 aromatic carbocycles. The summed E-state index contributed by atoms with van der Waals surface area (Å²) < 4.78 is 2.23. The topological polar surface area (TPSA) is 15.3 Å². The Morgan fingerprint density at radius 2 is 1.69 bits per heavy atom. The molecule has 0 amide bonds. The molecule has 0 aromatic heterocycles. The van der Waals surface area contributed by atoms with Gasteiger partial charge in [-0.3, -0.25) is 3.11 Å². The lowest BCUT2D eigenvalue weighted by Gasteiger charge is -2.36. The molecule has 0 saturated heterocycles. The van der Waals surface area contributed by atoms with Crippen LogP contribution in [-0.4, -0.2) is 29.3 Å². The highest BCUT2D eigenvalue weighted by molar-refractivity contribution is 14.1. The largest absolute Gasteiger partial charge is 0.315 e. The molecule has 0 fully saturated rings. The molecule has 0 bridgehead atoms. The summed E-state index contributed by atoms with van der Waals surface area (Å²) in [4.78, 5) is 0. The van der Waals surface area contributed by atoms with E-state index in [4.69, 9.17) is 0 Å². The van der Waals surface area contributed by atoms with Crippen LogP contribution in [0.1, 0.15) is 34.1 Å². The number of nitrogens with zero attached hydrogens (tertiary/aromatic N) is 1. The Kier molecular flexibility index (Phi) is 5.18. The summed E-state index contributed by atoms with van der Waals surface area (Å²) in [5, 5.41) is 3.35. The smallest absolute Gasteiger partial charge is 0.0198 e. The quantitative estimate of drug-likeness (QED) is 0.620. The second kappa shape index (κ2) is 4.94. The van der Waals surface area contributed by atoms with Crippen molar-refractivity contribution < 1.29 is 0 Å². The van der Waals surface area contributed by atoms with Crippen molar-refractivity contribution in [3.63, 3.8) is 0 Å². The highest BCUT2D eigenvalue weighted by Gasteiger charge is 2.28. The van der Waals surface area contributed by atoms with Crippen LogP contribution < -0.4 is 5.32 Å². The Hall–Kier alpha value is 0.650. The zero-order chi connectivity index (χ0) is 10.7. The van der Waals surface area contributed by atoms with E-state index in [1.807, 2.05) is 7.05 Å². The molecular weight excluding hydrogens is 275 g/mol. The molecule has 0 spiro atoms. The third-order valence-corrected chi connectivity index (χ3v) is 2.58. The molecule has 3 heteroatoms. The SMILES string of the molecule is CNC(C)(C)CC(C)(C)CN(C)I. The number of halogens is 1. The zero-order valence-corrected chi connectivity index (χ0v) is 11.9. The summed E-state index contributed by atoms with van der Waals surface area (Å²) in [6.45, 7) is 10.3. The first-order valence-corrected chi connectivity index (χ1v) is 5.71. The minimum Gasteiger partial charge on any atom is -0.315 e. The number of hydrogen-bond donors (Lipinski definition) is 1. The molecule has 0 aliphatic rings. The van der Waals surface area contributed by atoms with Gasteiger partial charge in [-0.1, -0.05) is 13.8 Å². The molecular formula is C10H23IN2. The maximum absolute atomic E-state index is 3.35. The predicted molar refractivity (Wildman–Crippen MR) is 68.2 cm³/mol. The molecule has 0 unspecified atom stereocenters. The molecule has 0 saturated carbocycles. The van der Waals surface area contributed by atoms with E-state index in [1.165, 1.54) is 6.42 Å². The van der Waals surface area contributed by atoms with E-state index < -0.39 is 0 Å². The summed E-state index contributed by atoms with van der Waals surface area (Å²) in [5.41, 5.74) is 0.596. The van der Waals surface area contributed by atoms with Gasteiger partial charge < -0.3 is 5.32 Å². The molecule has 0 heterocycles. The van der Waals surface area contributed by atoms with Gasteiger partial charge >= 0.3 is 0 Å². The molecule has 0 rings (SSSR count). The fourth-order valence-electron chi connectivity index (χ4n) is 1.93. The van der Waals surface area contributed by atoms with Crippen LogP contribution in [0.15, 0.2) is 0 Å². The van der Waals surface area contributed by atoms with Gasteiger partial charge in [-0.15, -0.1) is 0 Å². The highest BCUT2D eigenvalue weighted by Crippen LogP contribution is 2.28. The molecule has 0 aliphatic heterocycles. The van der Waals surface area contributed by atoms with Gasteiger partial charge in [0.05, 0.1) is 0 Å². The van der Waals surface area contributed by atoms with E-state index in [1.54, 1.807) is 0 Å². The third kappa shape index (κ3) is 6.69. The van der Waals surface area contributed by atoms with Crippen molar-refractivity contribution in [1.29, 1.82) is 0 Å². The van der Waals surface area contributed by atoms with Crippen LogP contribution in [0, 0.1) is 5.41 Å². The lowest BCUT2D eigenvalue weighted by atomic mass is 9.80. The molecule has 0 radical (unpaired) electrons. The van der Waals surface area contributed by atoms with E-state index in [0.29, 0.717) is 5.41 Å². The Labute approximate surface area is 97.0 Å². The average molecular weight is 298 g/mol.